The molecule has 2 rings (SSSR count). The maximum absolute atomic E-state index is 9.05. The van der Waals surface area contributed by atoms with Crippen molar-refractivity contribution in [1.82, 2.24) is 9.78 Å². The van der Waals surface area contributed by atoms with Crippen molar-refractivity contribution in [3.63, 3.8) is 0 Å². The Hall–Kier alpha value is -1.34. The number of nitriles is 1. The Bertz CT molecular complexity index is 372. The van der Waals surface area contributed by atoms with Gasteiger partial charge in [-0.15, -0.1) is 0 Å². The number of aromatic nitrogens is 2. The summed E-state index contributed by atoms with van der Waals surface area (Å²) in [5, 5.41) is 13.2. The van der Waals surface area contributed by atoms with Crippen LogP contribution in [0.1, 0.15) is 18.4 Å². The molecule has 1 atom stereocenters. The Morgan fingerprint density at radius 3 is 2.93 bits per heavy atom. The number of aryl methyl sites for hydroxylation is 1. The highest BCUT2D eigenvalue weighted by atomic mass is 15.3. The molecule has 1 aromatic rings. The fraction of sp³-hybridized carbons (Fsp3) is 0.600. The van der Waals surface area contributed by atoms with Crippen molar-refractivity contribution in [2.75, 3.05) is 0 Å². The van der Waals surface area contributed by atoms with E-state index in [4.69, 9.17) is 11.0 Å². The molecule has 0 aromatic carbocycles. The Morgan fingerprint density at radius 1 is 1.79 bits per heavy atom. The van der Waals surface area contributed by atoms with Crippen LogP contribution in [-0.4, -0.2) is 15.3 Å². The van der Waals surface area contributed by atoms with Crippen molar-refractivity contribution in [1.29, 1.82) is 5.26 Å². The molecule has 2 N–H and O–H groups in total. The Kier molecular flexibility index (Phi) is 2.05. The predicted molar refractivity (Wildman–Crippen MR) is 52.2 cm³/mol. The van der Waals surface area contributed by atoms with Crippen LogP contribution in [0.5, 0.6) is 0 Å². The van der Waals surface area contributed by atoms with E-state index in [1.807, 2.05) is 13.1 Å². The zero-order chi connectivity index (χ0) is 10.2. The molecule has 1 unspecified atom stereocenters. The highest BCUT2D eigenvalue weighted by Gasteiger charge is 2.43. The minimum Gasteiger partial charge on any atom is -0.312 e. The molecule has 14 heavy (non-hydrogen) atoms. The van der Waals surface area contributed by atoms with Gasteiger partial charge in [0.1, 0.15) is 5.54 Å². The number of nitrogens with zero attached hydrogens (tertiary/aromatic N) is 3. The molecule has 4 nitrogen and oxygen atoms in total. The largest absolute Gasteiger partial charge is 0.312 e. The maximum atomic E-state index is 9.05. The first-order chi connectivity index (χ1) is 6.64. The lowest BCUT2D eigenvalue weighted by Crippen LogP contribution is -2.45. The summed E-state index contributed by atoms with van der Waals surface area (Å²) in [6, 6.07) is 2.22. The van der Waals surface area contributed by atoms with E-state index in [0.717, 1.165) is 18.4 Å². The minimum atomic E-state index is -0.724. The van der Waals surface area contributed by atoms with Crippen molar-refractivity contribution in [2.45, 2.75) is 31.8 Å². The van der Waals surface area contributed by atoms with Gasteiger partial charge in [0.2, 0.25) is 0 Å². The van der Waals surface area contributed by atoms with E-state index in [-0.39, 0.29) is 0 Å². The molecule has 1 fully saturated rings. The van der Waals surface area contributed by atoms with Gasteiger partial charge >= 0.3 is 0 Å². The van der Waals surface area contributed by atoms with Gasteiger partial charge in [-0.05, 0) is 31.2 Å². The van der Waals surface area contributed by atoms with Crippen LogP contribution in [0, 0.1) is 24.2 Å². The molecule has 1 heterocycles. The van der Waals surface area contributed by atoms with E-state index in [0.29, 0.717) is 12.5 Å². The van der Waals surface area contributed by atoms with Crippen LogP contribution >= 0.6 is 0 Å². The van der Waals surface area contributed by atoms with Gasteiger partial charge in [-0.3, -0.25) is 4.68 Å². The molecule has 0 aliphatic heterocycles. The van der Waals surface area contributed by atoms with E-state index in [9.17, 15) is 0 Å². The predicted octanol–water partition coefficient (Wildman–Crippen LogP) is 0.823. The van der Waals surface area contributed by atoms with E-state index < -0.39 is 5.54 Å². The fourth-order valence-corrected chi connectivity index (χ4v) is 1.68. The van der Waals surface area contributed by atoms with Gasteiger partial charge in [0, 0.05) is 6.20 Å². The lowest BCUT2D eigenvalue weighted by Gasteiger charge is -2.20. The van der Waals surface area contributed by atoms with Crippen LogP contribution in [0.2, 0.25) is 0 Å². The number of hydrogen-bond donors (Lipinski definition) is 1. The highest BCUT2D eigenvalue weighted by molar-refractivity contribution is 5.13. The quantitative estimate of drug-likeness (QED) is 0.767. The third kappa shape index (κ3) is 1.64. The van der Waals surface area contributed by atoms with E-state index in [1.54, 1.807) is 10.9 Å². The van der Waals surface area contributed by atoms with Gasteiger partial charge in [0.25, 0.3) is 0 Å². The summed E-state index contributed by atoms with van der Waals surface area (Å²) < 4.78 is 1.76. The van der Waals surface area contributed by atoms with E-state index >= 15 is 0 Å². The second kappa shape index (κ2) is 3.10. The standard InChI is InChI=1S/C10H14N4/c1-8-4-13-14(5-8)7-10(12,6-11)9-2-3-9/h4-5,9H,2-3,7,12H2,1H3. The first-order valence-electron chi connectivity index (χ1n) is 4.83. The molecule has 0 bridgehead atoms. The molecule has 1 aliphatic rings. The zero-order valence-electron chi connectivity index (χ0n) is 8.27. The molecule has 0 radical (unpaired) electrons. The molecule has 4 heteroatoms. The summed E-state index contributed by atoms with van der Waals surface area (Å²) in [6.45, 7) is 2.48. The molecule has 1 aromatic heterocycles. The summed E-state index contributed by atoms with van der Waals surface area (Å²) in [7, 11) is 0. The number of hydrogen-bond acceptors (Lipinski definition) is 3. The Morgan fingerprint density at radius 2 is 2.50 bits per heavy atom. The van der Waals surface area contributed by atoms with Crippen LogP contribution in [0.15, 0.2) is 12.4 Å². The van der Waals surface area contributed by atoms with Crippen LogP contribution in [0.25, 0.3) is 0 Å². The molecule has 0 spiro atoms. The summed E-state index contributed by atoms with van der Waals surface area (Å²) in [5.41, 5.74) is 6.40. The van der Waals surface area contributed by atoms with Crippen LogP contribution in [0.3, 0.4) is 0 Å². The summed E-state index contributed by atoms with van der Waals surface area (Å²) >= 11 is 0. The molecule has 0 saturated heterocycles. The van der Waals surface area contributed by atoms with Crippen LogP contribution in [-0.2, 0) is 6.54 Å². The SMILES string of the molecule is Cc1cnn(CC(N)(C#N)C2CC2)c1. The maximum Gasteiger partial charge on any atom is 0.126 e. The number of nitrogens with two attached hydrogens (primary N) is 1. The second-order valence-electron chi connectivity index (χ2n) is 4.14. The van der Waals surface area contributed by atoms with Gasteiger partial charge in [-0.2, -0.15) is 10.4 Å². The zero-order valence-corrected chi connectivity index (χ0v) is 8.27. The topological polar surface area (TPSA) is 67.6 Å². The molecule has 1 saturated carbocycles. The minimum absolute atomic E-state index is 0.358. The van der Waals surface area contributed by atoms with Crippen molar-refractivity contribution in [2.24, 2.45) is 11.7 Å². The first-order valence-corrected chi connectivity index (χ1v) is 4.83. The van der Waals surface area contributed by atoms with Gasteiger partial charge in [-0.25, -0.2) is 0 Å². The second-order valence-corrected chi connectivity index (χ2v) is 4.14. The Labute approximate surface area is 83.3 Å². The number of rotatable bonds is 3. The molecular formula is C10H14N4. The van der Waals surface area contributed by atoms with Crippen molar-refractivity contribution in [3.05, 3.63) is 18.0 Å². The monoisotopic (exact) mass is 190 g/mol. The van der Waals surface area contributed by atoms with E-state index in [1.165, 1.54) is 0 Å². The normalized spacial score (nSPS) is 20.1. The van der Waals surface area contributed by atoms with Crippen LogP contribution in [0.4, 0.5) is 0 Å². The summed E-state index contributed by atoms with van der Waals surface area (Å²) in [4.78, 5) is 0. The fourth-order valence-electron chi connectivity index (χ4n) is 1.68. The van der Waals surface area contributed by atoms with Crippen molar-refractivity contribution in [3.8, 4) is 6.07 Å². The van der Waals surface area contributed by atoms with Crippen molar-refractivity contribution < 1.29 is 0 Å². The first kappa shape index (κ1) is 9.22. The third-order valence-corrected chi connectivity index (χ3v) is 2.70. The molecular weight excluding hydrogens is 176 g/mol. The lowest BCUT2D eigenvalue weighted by atomic mass is 9.97. The van der Waals surface area contributed by atoms with Gasteiger partial charge in [0.15, 0.2) is 0 Å². The molecule has 74 valence electrons. The lowest BCUT2D eigenvalue weighted by molar-refractivity contribution is 0.384. The third-order valence-electron chi connectivity index (χ3n) is 2.70. The average molecular weight is 190 g/mol. The van der Waals surface area contributed by atoms with Crippen molar-refractivity contribution >= 4 is 0 Å². The molecule has 1 aliphatic carbocycles. The van der Waals surface area contributed by atoms with Crippen LogP contribution < -0.4 is 5.73 Å². The molecule has 0 amide bonds. The summed E-state index contributed by atoms with van der Waals surface area (Å²) in [5.74, 6) is 0.358. The highest BCUT2D eigenvalue weighted by Crippen LogP contribution is 2.38. The Balaban J connectivity index is 2.12. The van der Waals surface area contributed by atoms with Gasteiger partial charge < -0.3 is 5.73 Å². The summed E-state index contributed by atoms with van der Waals surface area (Å²) in [6.07, 6.45) is 5.85. The van der Waals surface area contributed by atoms with E-state index in [2.05, 4.69) is 11.2 Å². The van der Waals surface area contributed by atoms with Gasteiger partial charge in [-0.1, -0.05) is 0 Å². The van der Waals surface area contributed by atoms with Gasteiger partial charge in [0.05, 0.1) is 18.8 Å². The average Bonchev–Trinajstić information content (AvgIpc) is 2.93. The smallest absolute Gasteiger partial charge is 0.126 e.